The molecule has 1 aromatic carbocycles. The van der Waals surface area contributed by atoms with Crippen molar-refractivity contribution in [2.45, 2.75) is 38.1 Å². The topological polar surface area (TPSA) is 73.2 Å². The van der Waals surface area contributed by atoms with Crippen molar-refractivity contribution in [3.63, 3.8) is 0 Å². The van der Waals surface area contributed by atoms with Gasteiger partial charge in [-0.05, 0) is 42.5 Å². The second kappa shape index (κ2) is 10.2. The first-order valence-corrected chi connectivity index (χ1v) is 11.4. The number of nitrogens with one attached hydrogen (secondary N) is 1. The zero-order valence-electron chi connectivity index (χ0n) is 17.2. The van der Waals surface area contributed by atoms with Crippen LogP contribution in [-0.2, 0) is 14.3 Å². The fourth-order valence-electron chi connectivity index (χ4n) is 3.69. The molecule has 2 heterocycles. The second-order valence-corrected chi connectivity index (χ2v) is 8.48. The summed E-state index contributed by atoms with van der Waals surface area (Å²) >= 11 is 1.58. The van der Waals surface area contributed by atoms with Crippen LogP contribution in [0, 0.1) is 0 Å². The summed E-state index contributed by atoms with van der Waals surface area (Å²) in [5.41, 5.74) is 2.52. The molecule has 1 fully saturated rings. The Hall–Kier alpha value is -3.19. The van der Waals surface area contributed by atoms with Crippen molar-refractivity contribution in [3.8, 4) is 16.3 Å². The van der Waals surface area contributed by atoms with Crippen LogP contribution < -0.4 is 5.32 Å². The molecule has 4 rings (SSSR count). The molecule has 1 amide bonds. The second-order valence-electron chi connectivity index (χ2n) is 7.53. The maximum absolute atomic E-state index is 12.2. The molecule has 2 aromatic heterocycles. The first-order chi connectivity index (χ1) is 15.2. The average molecular weight is 436 g/mol. The largest absolute Gasteiger partial charge is 0.452 e. The molecule has 0 bridgehead atoms. The van der Waals surface area contributed by atoms with Gasteiger partial charge >= 0.3 is 5.97 Å². The van der Waals surface area contributed by atoms with Crippen molar-refractivity contribution < 1.29 is 14.3 Å². The SMILES string of the molecule is O=C(COC(=O)C=Cc1cn(-c2ccccc2)nc1-c1cccs1)NC1CCCCC1. The zero-order chi connectivity index (χ0) is 21.5. The maximum atomic E-state index is 12.2. The Kier molecular flexibility index (Phi) is 6.94. The monoisotopic (exact) mass is 435 g/mol. The minimum Gasteiger partial charge on any atom is -0.452 e. The van der Waals surface area contributed by atoms with E-state index in [0.717, 1.165) is 47.5 Å². The Labute approximate surface area is 185 Å². The van der Waals surface area contributed by atoms with Gasteiger partial charge in [-0.2, -0.15) is 5.10 Å². The summed E-state index contributed by atoms with van der Waals surface area (Å²) in [6, 6.07) is 14.0. The third-order valence-corrected chi connectivity index (χ3v) is 6.11. The smallest absolute Gasteiger partial charge is 0.331 e. The molecule has 0 radical (unpaired) electrons. The summed E-state index contributed by atoms with van der Waals surface area (Å²) in [5, 5.41) is 9.63. The molecule has 6 nitrogen and oxygen atoms in total. The summed E-state index contributed by atoms with van der Waals surface area (Å²) in [6.07, 6.45) is 10.4. The van der Waals surface area contributed by atoms with E-state index in [-0.39, 0.29) is 18.6 Å². The number of hydrogen-bond acceptors (Lipinski definition) is 5. The summed E-state index contributed by atoms with van der Waals surface area (Å²) in [4.78, 5) is 25.2. The molecule has 3 aromatic rings. The molecule has 1 aliphatic rings. The number of nitrogens with zero attached hydrogens (tertiary/aromatic N) is 2. The Balaban J connectivity index is 1.41. The molecule has 0 atom stereocenters. The fourth-order valence-corrected chi connectivity index (χ4v) is 4.42. The molecule has 0 saturated heterocycles. The van der Waals surface area contributed by atoms with E-state index in [1.165, 1.54) is 12.5 Å². The van der Waals surface area contributed by atoms with E-state index in [9.17, 15) is 9.59 Å². The lowest BCUT2D eigenvalue weighted by atomic mass is 9.95. The Morgan fingerprint density at radius 3 is 2.68 bits per heavy atom. The van der Waals surface area contributed by atoms with Crippen molar-refractivity contribution >= 4 is 29.3 Å². The maximum Gasteiger partial charge on any atom is 0.331 e. The van der Waals surface area contributed by atoms with Gasteiger partial charge in [-0.15, -0.1) is 11.3 Å². The van der Waals surface area contributed by atoms with E-state index in [1.807, 2.05) is 54.0 Å². The van der Waals surface area contributed by atoms with Crippen LogP contribution in [0.25, 0.3) is 22.3 Å². The van der Waals surface area contributed by atoms with Gasteiger partial charge in [-0.1, -0.05) is 43.5 Å². The Morgan fingerprint density at radius 1 is 1.13 bits per heavy atom. The normalized spacial score (nSPS) is 14.6. The molecule has 160 valence electrons. The van der Waals surface area contributed by atoms with Gasteiger partial charge in [-0.25, -0.2) is 9.48 Å². The van der Waals surface area contributed by atoms with Crippen LogP contribution in [0.15, 0.2) is 60.1 Å². The molecule has 1 aliphatic carbocycles. The van der Waals surface area contributed by atoms with Crippen LogP contribution in [0.5, 0.6) is 0 Å². The summed E-state index contributed by atoms with van der Waals surface area (Å²) in [6.45, 7) is -0.263. The highest BCUT2D eigenvalue weighted by Crippen LogP contribution is 2.28. The molecule has 0 aliphatic heterocycles. The molecule has 31 heavy (non-hydrogen) atoms. The molecular formula is C24H25N3O3S. The van der Waals surface area contributed by atoms with Gasteiger partial charge in [0, 0.05) is 23.9 Å². The van der Waals surface area contributed by atoms with E-state index >= 15 is 0 Å². The number of carbonyl (C=O) groups is 2. The number of rotatable bonds is 7. The van der Waals surface area contributed by atoms with Gasteiger partial charge < -0.3 is 10.1 Å². The fraction of sp³-hybridized carbons (Fsp3) is 0.292. The number of esters is 1. The zero-order valence-corrected chi connectivity index (χ0v) is 18.0. The minimum absolute atomic E-state index is 0.202. The molecule has 0 spiro atoms. The number of hydrogen-bond donors (Lipinski definition) is 1. The molecule has 7 heteroatoms. The van der Waals surface area contributed by atoms with Gasteiger partial charge in [0.1, 0.15) is 5.69 Å². The van der Waals surface area contributed by atoms with E-state index in [2.05, 4.69) is 5.32 Å². The third kappa shape index (κ3) is 5.70. The number of thiophene rings is 1. The summed E-state index contributed by atoms with van der Waals surface area (Å²) in [5.74, 6) is -0.798. The quantitative estimate of drug-likeness (QED) is 0.435. The van der Waals surface area contributed by atoms with E-state index in [0.29, 0.717) is 0 Å². The highest BCUT2D eigenvalue weighted by Gasteiger charge is 2.16. The van der Waals surface area contributed by atoms with Crippen LogP contribution in [-0.4, -0.2) is 34.3 Å². The van der Waals surface area contributed by atoms with Crippen LogP contribution in [0.2, 0.25) is 0 Å². The molecule has 0 unspecified atom stereocenters. The van der Waals surface area contributed by atoms with Crippen molar-refractivity contribution in [2.75, 3.05) is 6.61 Å². The molecule has 1 saturated carbocycles. The van der Waals surface area contributed by atoms with Gasteiger partial charge in [0.2, 0.25) is 0 Å². The number of benzene rings is 1. The Morgan fingerprint density at radius 2 is 1.94 bits per heavy atom. The third-order valence-electron chi connectivity index (χ3n) is 5.23. The molecular weight excluding hydrogens is 410 g/mol. The van der Waals surface area contributed by atoms with Gasteiger partial charge in [0.05, 0.1) is 10.6 Å². The van der Waals surface area contributed by atoms with Gasteiger partial charge in [0.15, 0.2) is 6.61 Å². The molecule has 1 N–H and O–H groups in total. The van der Waals surface area contributed by atoms with Crippen LogP contribution in [0.3, 0.4) is 0 Å². The minimum atomic E-state index is -0.552. The number of amides is 1. The first-order valence-electron chi connectivity index (χ1n) is 10.5. The van der Waals surface area contributed by atoms with Gasteiger partial charge in [-0.3, -0.25) is 4.79 Å². The number of aromatic nitrogens is 2. The highest BCUT2D eigenvalue weighted by atomic mass is 32.1. The predicted molar refractivity (Wildman–Crippen MR) is 122 cm³/mol. The van der Waals surface area contributed by atoms with Crippen LogP contribution in [0.1, 0.15) is 37.7 Å². The van der Waals surface area contributed by atoms with Gasteiger partial charge in [0.25, 0.3) is 5.91 Å². The van der Waals surface area contributed by atoms with Crippen LogP contribution >= 0.6 is 11.3 Å². The standard InChI is InChI=1S/C24H25N3O3S/c28-22(25-19-8-3-1-4-9-19)17-30-23(29)14-13-18-16-27(20-10-5-2-6-11-20)26-24(18)21-12-7-15-31-21/h2,5-7,10-16,19H,1,3-4,8-9,17H2,(H,25,28). The van der Waals surface area contributed by atoms with E-state index in [4.69, 9.17) is 9.84 Å². The summed E-state index contributed by atoms with van der Waals surface area (Å²) < 4.78 is 6.92. The van der Waals surface area contributed by atoms with E-state index in [1.54, 1.807) is 22.1 Å². The number of para-hydroxylation sites is 1. The lowest BCUT2D eigenvalue weighted by molar-refractivity contribution is -0.144. The lowest BCUT2D eigenvalue weighted by Gasteiger charge is -2.22. The average Bonchev–Trinajstić information content (AvgIpc) is 3.47. The highest BCUT2D eigenvalue weighted by molar-refractivity contribution is 7.13. The summed E-state index contributed by atoms with van der Waals surface area (Å²) in [7, 11) is 0. The Bertz CT molecular complexity index is 1040. The van der Waals surface area contributed by atoms with Crippen LogP contribution in [0.4, 0.5) is 0 Å². The lowest BCUT2D eigenvalue weighted by Crippen LogP contribution is -2.38. The van der Waals surface area contributed by atoms with E-state index < -0.39 is 5.97 Å². The predicted octanol–water partition coefficient (Wildman–Crippen LogP) is 4.61. The van der Waals surface area contributed by atoms with Crippen molar-refractivity contribution in [2.24, 2.45) is 0 Å². The first kappa shape index (κ1) is 21.1. The van der Waals surface area contributed by atoms with Crippen molar-refractivity contribution in [1.82, 2.24) is 15.1 Å². The van der Waals surface area contributed by atoms with Crippen molar-refractivity contribution in [3.05, 3.63) is 65.7 Å². The number of carbonyl (C=O) groups excluding carboxylic acids is 2. The van der Waals surface area contributed by atoms with Crippen molar-refractivity contribution in [1.29, 1.82) is 0 Å². The number of ether oxygens (including phenoxy) is 1.